The summed E-state index contributed by atoms with van der Waals surface area (Å²) in [4.78, 5) is 11.5. The van der Waals surface area contributed by atoms with Gasteiger partial charge in [0.15, 0.2) is 11.5 Å². The zero-order valence-corrected chi connectivity index (χ0v) is 12.7. The van der Waals surface area contributed by atoms with Gasteiger partial charge in [-0.1, -0.05) is 29.8 Å². The van der Waals surface area contributed by atoms with Crippen molar-refractivity contribution in [2.24, 2.45) is 0 Å². The summed E-state index contributed by atoms with van der Waals surface area (Å²) in [6.45, 7) is 0. The number of rotatable bonds is 5. The minimum absolute atomic E-state index is 0.0982. The van der Waals surface area contributed by atoms with E-state index in [9.17, 15) is 15.0 Å². The van der Waals surface area contributed by atoms with Gasteiger partial charge in [-0.2, -0.15) is 0 Å². The van der Waals surface area contributed by atoms with E-state index in [2.05, 4.69) is 0 Å². The molecule has 0 aromatic heterocycles. The van der Waals surface area contributed by atoms with Crippen LogP contribution in [0.3, 0.4) is 0 Å². The SMILES string of the molecule is COc1ccc(CC(C(=O)O)c2ccc(N)cc2)c(Cl)c1O. The third kappa shape index (κ3) is 3.26. The van der Waals surface area contributed by atoms with Gasteiger partial charge in [-0.05, 0) is 35.7 Å². The van der Waals surface area contributed by atoms with Crippen LogP contribution < -0.4 is 10.5 Å². The summed E-state index contributed by atoms with van der Waals surface area (Å²) in [5.41, 5.74) is 7.33. The summed E-state index contributed by atoms with van der Waals surface area (Å²) >= 11 is 6.10. The maximum Gasteiger partial charge on any atom is 0.311 e. The lowest BCUT2D eigenvalue weighted by Gasteiger charge is -2.15. The molecule has 0 saturated heterocycles. The Hall–Kier alpha value is -2.40. The predicted molar refractivity (Wildman–Crippen MR) is 84.6 cm³/mol. The van der Waals surface area contributed by atoms with Crippen molar-refractivity contribution < 1.29 is 19.7 Å². The molecule has 22 heavy (non-hydrogen) atoms. The van der Waals surface area contributed by atoms with Gasteiger partial charge in [0.1, 0.15) is 0 Å². The van der Waals surface area contributed by atoms with Crippen LogP contribution in [0.1, 0.15) is 17.0 Å². The first kappa shape index (κ1) is 16.0. The second-order valence-corrected chi connectivity index (χ2v) is 5.23. The van der Waals surface area contributed by atoms with Crippen LogP contribution in [0.25, 0.3) is 0 Å². The zero-order chi connectivity index (χ0) is 16.3. The number of carboxylic acids is 1. The number of benzene rings is 2. The van der Waals surface area contributed by atoms with E-state index in [0.717, 1.165) is 0 Å². The predicted octanol–water partition coefficient (Wildman–Crippen LogP) is 3.05. The smallest absolute Gasteiger partial charge is 0.311 e. The molecule has 0 aliphatic rings. The van der Waals surface area contributed by atoms with Crippen LogP contribution in [0.4, 0.5) is 5.69 Å². The van der Waals surface area contributed by atoms with Crippen LogP contribution in [-0.4, -0.2) is 23.3 Å². The van der Waals surface area contributed by atoms with E-state index in [1.54, 1.807) is 36.4 Å². The molecule has 0 bridgehead atoms. The molecule has 4 N–H and O–H groups in total. The van der Waals surface area contributed by atoms with Crippen LogP contribution in [0.2, 0.25) is 5.02 Å². The highest BCUT2D eigenvalue weighted by atomic mass is 35.5. The molecule has 0 amide bonds. The zero-order valence-electron chi connectivity index (χ0n) is 11.9. The molecule has 2 aromatic carbocycles. The van der Waals surface area contributed by atoms with Crippen LogP contribution in [-0.2, 0) is 11.2 Å². The van der Waals surface area contributed by atoms with Gasteiger partial charge in [0.25, 0.3) is 0 Å². The average Bonchev–Trinajstić information content (AvgIpc) is 2.50. The number of aromatic hydroxyl groups is 1. The number of ether oxygens (including phenoxy) is 1. The number of nitrogens with two attached hydrogens (primary N) is 1. The number of methoxy groups -OCH3 is 1. The Bertz CT molecular complexity index is 685. The summed E-state index contributed by atoms with van der Waals surface area (Å²) in [6.07, 6.45) is 0.148. The van der Waals surface area contributed by atoms with Crippen LogP contribution in [0, 0.1) is 0 Å². The minimum atomic E-state index is -0.976. The first-order valence-electron chi connectivity index (χ1n) is 6.56. The second-order valence-electron chi connectivity index (χ2n) is 4.85. The lowest BCUT2D eigenvalue weighted by atomic mass is 9.91. The molecular weight excluding hydrogens is 306 g/mol. The van der Waals surface area contributed by atoms with Crippen molar-refractivity contribution in [3.05, 3.63) is 52.5 Å². The van der Waals surface area contributed by atoms with Crippen molar-refractivity contribution in [3.63, 3.8) is 0 Å². The molecule has 0 aliphatic carbocycles. The summed E-state index contributed by atoms with van der Waals surface area (Å²) in [5, 5.41) is 19.5. The van der Waals surface area contributed by atoms with Gasteiger partial charge < -0.3 is 20.7 Å². The Morgan fingerprint density at radius 3 is 2.45 bits per heavy atom. The third-order valence-electron chi connectivity index (χ3n) is 3.44. The maximum absolute atomic E-state index is 11.5. The van der Waals surface area contributed by atoms with E-state index in [1.165, 1.54) is 7.11 Å². The molecule has 2 rings (SSSR count). The molecule has 0 fully saturated rings. The molecule has 0 spiro atoms. The topological polar surface area (TPSA) is 92.8 Å². The van der Waals surface area contributed by atoms with Gasteiger partial charge in [0, 0.05) is 5.69 Å². The third-order valence-corrected chi connectivity index (χ3v) is 3.86. The van der Waals surface area contributed by atoms with E-state index >= 15 is 0 Å². The molecular formula is C16H16ClNO4. The Morgan fingerprint density at radius 1 is 1.27 bits per heavy atom. The molecule has 6 heteroatoms. The van der Waals surface area contributed by atoms with Crippen molar-refractivity contribution in [1.29, 1.82) is 0 Å². The normalized spacial score (nSPS) is 11.9. The Labute approximate surface area is 132 Å². The number of hydrogen-bond acceptors (Lipinski definition) is 4. The van der Waals surface area contributed by atoms with E-state index in [-0.39, 0.29) is 22.9 Å². The number of hydrogen-bond donors (Lipinski definition) is 3. The van der Waals surface area contributed by atoms with Crippen LogP contribution in [0.5, 0.6) is 11.5 Å². The number of phenolic OH excluding ortho intramolecular Hbond substituents is 1. The van der Waals surface area contributed by atoms with E-state index in [0.29, 0.717) is 16.8 Å². The molecule has 5 nitrogen and oxygen atoms in total. The Morgan fingerprint density at radius 2 is 1.91 bits per heavy atom. The minimum Gasteiger partial charge on any atom is -0.503 e. The molecule has 0 saturated carbocycles. The highest BCUT2D eigenvalue weighted by Gasteiger charge is 2.23. The van der Waals surface area contributed by atoms with Gasteiger partial charge in [0.2, 0.25) is 0 Å². The van der Waals surface area contributed by atoms with Crippen molar-refractivity contribution in [3.8, 4) is 11.5 Å². The van der Waals surface area contributed by atoms with Crippen LogP contribution >= 0.6 is 11.6 Å². The highest BCUT2D eigenvalue weighted by Crippen LogP contribution is 2.38. The number of carboxylic acid groups (broad SMARTS) is 1. The standard InChI is InChI=1S/C16H16ClNO4/c1-22-13-7-4-10(14(17)15(13)19)8-12(16(20)21)9-2-5-11(18)6-3-9/h2-7,12,19H,8,18H2,1H3,(H,20,21). The number of aliphatic carboxylic acids is 1. The highest BCUT2D eigenvalue weighted by molar-refractivity contribution is 6.33. The van der Waals surface area contributed by atoms with Crippen molar-refractivity contribution in [2.45, 2.75) is 12.3 Å². The Kier molecular flexibility index (Phi) is 4.78. The number of carbonyl (C=O) groups is 1. The van der Waals surface area contributed by atoms with Gasteiger partial charge in [0.05, 0.1) is 18.1 Å². The lowest BCUT2D eigenvalue weighted by Crippen LogP contribution is -2.14. The van der Waals surface area contributed by atoms with Gasteiger partial charge in [-0.25, -0.2) is 0 Å². The monoisotopic (exact) mass is 321 g/mol. The van der Waals surface area contributed by atoms with E-state index in [1.807, 2.05) is 0 Å². The largest absolute Gasteiger partial charge is 0.503 e. The number of nitrogen functional groups attached to an aromatic ring is 1. The van der Waals surface area contributed by atoms with E-state index in [4.69, 9.17) is 22.1 Å². The molecule has 116 valence electrons. The average molecular weight is 322 g/mol. The number of anilines is 1. The molecule has 2 aromatic rings. The maximum atomic E-state index is 11.5. The molecule has 0 radical (unpaired) electrons. The fraction of sp³-hybridized carbons (Fsp3) is 0.188. The molecule has 0 aliphatic heterocycles. The second kappa shape index (κ2) is 6.58. The fourth-order valence-electron chi connectivity index (χ4n) is 2.21. The lowest BCUT2D eigenvalue weighted by molar-refractivity contribution is -0.138. The van der Waals surface area contributed by atoms with Crippen molar-refractivity contribution >= 4 is 23.3 Å². The number of phenols is 1. The van der Waals surface area contributed by atoms with Gasteiger partial charge >= 0.3 is 5.97 Å². The van der Waals surface area contributed by atoms with Crippen molar-refractivity contribution in [1.82, 2.24) is 0 Å². The molecule has 1 unspecified atom stereocenters. The Balaban J connectivity index is 2.35. The first-order valence-corrected chi connectivity index (χ1v) is 6.94. The summed E-state index contributed by atoms with van der Waals surface area (Å²) in [7, 11) is 1.42. The molecule has 0 heterocycles. The number of halogens is 1. The molecule has 1 atom stereocenters. The first-order chi connectivity index (χ1) is 10.4. The summed E-state index contributed by atoms with van der Waals surface area (Å²) < 4.78 is 4.97. The van der Waals surface area contributed by atoms with E-state index < -0.39 is 11.9 Å². The quantitative estimate of drug-likeness (QED) is 0.736. The summed E-state index contributed by atoms with van der Waals surface area (Å²) in [6, 6.07) is 9.85. The van der Waals surface area contributed by atoms with Gasteiger partial charge in [-0.3, -0.25) is 4.79 Å². The van der Waals surface area contributed by atoms with Crippen LogP contribution in [0.15, 0.2) is 36.4 Å². The fourth-order valence-corrected chi connectivity index (χ4v) is 2.44. The van der Waals surface area contributed by atoms with Gasteiger partial charge in [-0.15, -0.1) is 0 Å². The van der Waals surface area contributed by atoms with Crippen molar-refractivity contribution in [2.75, 3.05) is 12.8 Å². The summed E-state index contributed by atoms with van der Waals surface area (Å²) in [5.74, 6) is -1.71.